The maximum absolute atomic E-state index is 13.2. The van der Waals surface area contributed by atoms with E-state index in [0.717, 1.165) is 16.3 Å². The molecule has 2 heterocycles. The maximum Gasteiger partial charge on any atom is 0.325 e. The minimum atomic E-state index is -0.822. The Kier molecular flexibility index (Phi) is 9.37. The molecule has 9 nitrogen and oxygen atoms in total. The number of pyridine rings is 1. The first-order valence-electron chi connectivity index (χ1n) is 13.2. The first-order valence-corrected chi connectivity index (χ1v) is 13.2. The minimum Gasteiger partial charge on any atom is -0.503 e. The third-order valence-corrected chi connectivity index (χ3v) is 6.91. The summed E-state index contributed by atoms with van der Waals surface area (Å²) in [6, 6.07) is 15.0. The Morgan fingerprint density at radius 1 is 1.15 bits per heavy atom. The predicted octanol–water partition coefficient (Wildman–Crippen LogP) is 3.80. The van der Waals surface area contributed by atoms with Crippen LogP contribution in [0.15, 0.2) is 54.7 Å². The third kappa shape index (κ3) is 6.85. The summed E-state index contributed by atoms with van der Waals surface area (Å²) < 4.78 is 23.0. The van der Waals surface area contributed by atoms with Crippen LogP contribution in [0.2, 0.25) is 0 Å². The van der Waals surface area contributed by atoms with Gasteiger partial charge >= 0.3 is 11.9 Å². The van der Waals surface area contributed by atoms with E-state index in [4.69, 9.17) is 18.9 Å². The van der Waals surface area contributed by atoms with Gasteiger partial charge < -0.3 is 24.1 Å². The predicted molar refractivity (Wildman–Crippen MR) is 145 cm³/mol. The Morgan fingerprint density at radius 3 is 2.69 bits per heavy atom. The van der Waals surface area contributed by atoms with Crippen molar-refractivity contribution in [3.63, 3.8) is 0 Å². The number of hydrogen-bond acceptors (Lipinski definition) is 9. The average molecular weight is 537 g/mol. The fraction of sp³-hybridized carbons (Fsp3) is 0.433. The van der Waals surface area contributed by atoms with E-state index in [9.17, 15) is 14.7 Å². The van der Waals surface area contributed by atoms with E-state index in [-0.39, 0.29) is 49.1 Å². The first kappa shape index (κ1) is 28.3. The zero-order valence-electron chi connectivity index (χ0n) is 22.8. The van der Waals surface area contributed by atoms with Crippen molar-refractivity contribution >= 4 is 22.7 Å². The summed E-state index contributed by atoms with van der Waals surface area (Å²) in [5.74, 6) is -1.31. The molecule has 9 heteroatoms. The van der Waals surface area contributed by atoms with E-state index in [2.05, 4.69) is 34.6 Å². The van der Waals surface area contributed by atoms with Gasteiger partial charge in [0.25, 0.3) is 0 Å². The van der Waals surface area contributed by atoms with Gasteiger partial charge in [-0.05, 0) is 29.7 Å². The molecule has 0 saturated carbocycles. The van der Waals surface area contributed by atoms with Gasteiger partial charge in [0.2, 0.25) is 0 Å². The number of cyclic esters (lactones) is 1. The molecule has 0 aliphatic carbocycles. The fourth-order valence-electron chi connectivity index (χ4n) is 4.74. The molecule has 3 aromatic rings. The second-order valence-corrected chi connectivity index (χ2v) is 10.1. The Hall–Kier alpha value is -3.69. The van der Waals surface area contributed by atoms with Crippen LogP contribution < -0.4 is 10.1 Å². The smallest absolute Gasteiger partial charge is 0.325 e. The van der Waals surface area contributed by atoms with E-state index < -0.39 is 24.2 Å². The summed E-state index contributed by atoms with van der Waals surface area (Å²) in [5, 5.41) is 15.7. The number of hydrogen-bond donors (Lipinski definition) is 2. The molecule has 1 aliphatic heterocycles. The van der Waals surface area contributed by atoms with Crippen molar-refractivity contribution in [1.82, 2.24) is 10.3 Å². The summed E-state index contributed by atoms with van der Waals surface area (Å²) in [7, 11) is 1.45. The molecule has 1 aromatic heterocycles. The van der Waals surface area contributed by atoms with Crippen LogP contribution in [0.3, 0.4) is 0 Å². The highest BCUT2D eigenvalue weighted by Crippen LogP contribution is 2.29. The molecule has 4 atom stereocenters. The van der Waals surface area contributed by atoms with E-state index in [1.807, 2.05) is 18.2 Å². The summed E-state index contributed by atoms with van der Waals surface area (Å²) in [4.78, 5) is 30.0. The average Bonchev–Trinajstić information content (AvgIpc) is 2.97. The second-order valence-electron chi connectivity index (χ2n) is 10.1. The van der Waals surface area contributed by atoms with Gasteiger partial charge in [-0.3, -0.25) is 19.9 Å². The van der Waals surface area contributed by atoms with Gasteiger partial charge in [-0.2, -0.15) is 0 Å². The Morgan fingerprint density at radius 2 is 1.92 bits per heavy atom. The number of carbonyl (C=O) groups is 2. The van der Waals surface area contributed by atoms with Crippen LogP contribution in [0, 0.1) is 11.8 Å². The molecule has 0 amide bonds. The van der Waals surface area contributed by atoms with E-state index in [1.165, 1.54) is 13.3 Å². The molecule has 0 spiro atoms. The molecule has 2 unspecified atom stereocenters. The second kappa shape index (κ2) is 12.9. The number of benzene rings is 2. The standard InChI is InChI=1S/C30H36N2O7/c1-18(2)29(34)39-28-19(3)38-30(35)25(32-15-24-27(33)26(36-4)12-13-31-24)17-37-16-22(28)14-21-10-7-9-20-8-5-6-11-23(20)21/h5-13,18-19,22,25,28,32-33H,14-17H2,1-4H3/t19-,22?,25-,28?/m0/s1. The Labute approximate surface area is 228 Å². The molecule has 0 bridgehead atoms. The molecule has 2 N–H and O–H groups in total. The van der Waals surface area contributed by atoms with Crippen molar-refractivity contribution in [3.05, 3.63) is 66.0 Å². The van der Waals surface area contributed by atoms with Gasteiger partial charge in [-0.25, -0.2) is 0 Å². The highest BCUT2D eigenvalue weighted by Gasteiger charge is 2.37. The van der Waals surface area contributed by atoms with Crippen LogP contribution in [0.5, 0.6) is 11.5 Å². The molecular formula is C30H36N2O7. The van der Waals surface area contributed by atoms with Crippen LogP contribution in [0.1, 0.15) is 32.0 Å². The van der Waals surface area contributed by atoms with E-state index in [1.54, 1.807) is 26.8 Å². The third-order valence-electron chi connectivity index (χ3n) is 6.91. The zero-order chi connectivity index (χ0) is 27.9. The molecular weight excluding hydrogens is 500 g/mol. The van der Waals surface area contributed by atoms with Crippen LogP contribution in [0.25, 0.3) is 10.8 Å². The van der Waals surface area contributed by atoms with Gasteiger partial charge in [-0.1, -0.05) is 56.3 Å². The highest BCUT2D eigenvalue weighted by molar-refractivity contribution is 5.85. The molecule has 4 rings (SSSR count). The maximum atomic E-state index is 13.2. The van der Waals surface area contributed by atoms with E-state index in [0.29, 0.717) is 12.1 Å². The summed E-state index contributed by atoms with van der Waals surface area (Å²) >= 11 is 0. The van der Waals surface area contributed by atoms with Gasteiger partial charge in [0.05, 0.1) is 31.9 Å². The number of rotatable bonds is 8. The van der Waals surface area contributed by atoms with Crippen molar-refractivity contribution < 1.29 is 33.6 Å². The van der Waals surface area contributed by atoms with Crippen molar-refractivity contribution in [2.75, 3.05) is 20.3 Å². The molecule has 2 aromatic carbocycles. The number of aromatic hydroxyl groups is 1. The summed E-state index contributed by atoms with van der Waals surface area (Å²) in [6.07, 6.45) is 0.667. The number of fused-ring (bicyclic) bond motifs is 1. The van der Waals surface area contributed by atoms with E-state index >= 15 is 0 Å². The van der Waals surface area contributed by atoms with Gasteiger partial charge in [0.1, 0.15) is 18.2 Å². The lowest BCUT2D eigenvalue weighted by atomic mass is 9.89. The monoisotopic (exact) mass is 536 g/mol. The lowest BCUT2D eigenvalue weighted by Crippen LogP contribution is -2.44. The number of methoxy groups -OCH3 is 1. The molecule has 1 saturated heterocycles. The molecule has 1 fully saturated rings. The number of aromatic nitrogens is 1. The van der Waals surface area contributed by atoms with Crippen LogP contribution in [-0.4, -0.2) is 60.6 Å². The number of nitrogens with zero attached hydrogens (tertiary/aromatic N) is 1. The minimum absolute atomic E-state index is 0.0349. The molecule has 0 radical (unpaired) electrons. The van der Waals surface area contributed by atoms with Crippen molar-refractivity contribution in [2.24, 2.45) is 11.8 Å². The molecule has 208 valence electrons. The number of ether oxygens (including phenoxy) is 4. The van der Waals surface area contributed by atoms with Crippen molar-refractivity contribution in [2.45, 2.75) is 52.0 Å². The lowest BCUT2D eigenvalue weighted by molar-refractivity contribution is -0.173. The van der Waals surface area contributed by atoms with Crippen LogP contribution in [0.4, 0.5) is 0 Å². The van der Waals surface area contributed by atoms with Crippen molar-refractivity contribution in [1.29, 1.82) is 0 Å². The Bertz CT molecular complexity index is 1290. The van der Waals surface area contributed by atoms with Gasteiger partial charge in [0.15, 0.2) is 11.5 Å². The fourth-order valence-corrected chi connectivity index (χ4v) is 4.74. The summed E-state index contributed by atoms with van der Waals surface area (Å²) in [5.41, 5.74) is 1.42. The molecule has 1 aliphatic rings. The molecule has 39 heavy (non-hydrogen) atoms. The first-order chi connectivity index (χ1) is 18.8. The number of nitrogens with one attached hydrogen (secondary N) is 1. The largest absolute Gasteiger partial charge is 0.503 e. The highest BCUT2D eigenvalue weighted by atomic mass is 16.6. The van der Waals surface area contributed by atoms with Crippen LogP contribution >= 0.6 is 0 Å². The van der Waals surface area contributed by atoms with Crippen molar-refractivity contribution in [3.8, 4) is 11.5 Å². The number of carbonyl (C=O) groups excluding carboxylic acids is 2. The van der Waals surface area contributed by atoms with Crippen LogP contribution in [-0.2, 0) is 36.8 Å². The normalized spacial score (nSPS) is 22.0. The zero-order valence-corrected chi connectivity index (χ0v) is 22.8. The Balaban J connectivity index is 1.56. The van der Waals surface area contributed by atoms with Gasteiger partial charge in [0, 0.05) is 24.7 Å². The number of esters is 2. The SMILES string of the molecule is COc1ccnc(CN[C@H]2COCC(Cc3cccc4ccccc34)C(OC(=O)C(C)C)[C@H](C)OC2=O)c1O. The lowest BCUT2D eigenvalue weighted by Gasteiger charge is -2.31. The summed E-state index contributed by atoms with van der Waals surface area (Å²) in [6.45, 7) is 5.66. The van der Waals surface area contributed by atoms with Gasteiger partial charge in [-0.15, -0.1) is 0 Å². The quantitative estimate of drug-likeness (QED) is 0.415. The topological polar surface area (TPSA) is 116 Å².